The molecule has 2 aromatic carbocycles. The molecule has 22 heavy (non-hydrogen) atoms. The number of nitrogens with one attached hydrogen (secondary N) is 1. The van der Waals surface area contributed by atoms with E-state index in [0.717, 1.165) is 22.8 Å². The Kier molecular flexibility index (Phi) is 5.84. The highest BCUT2D eigenvalue weighted by molar-refractivity contribution is 7.98. The van der Waals surface area contributed by atoms with Gasteiger partial charge in [-0.3, -0.25) is 4.99 Å². The molecule has 0 bridgehead atoms. The molecule has 2 aromatic rings. The summed E-state index contributed by atoms with van der Waals surface area (Å²) in [6, 6.07) is 16.5. The molecular formula is C19H22N2S. The number of hydrogen-bond acceptors (Lipinski definition) is 3. The zero-order valence-corrected chi connectivity index (χ0v) is 14.4. The van der Waals surface area contributed by atoms with Gasteiger partial charge in [0.05, 0.1) is 5.69 Å². The Morgan fingerprint density at radius 3 is 2.45 bits per heavy atom. The maximum Gasteiger partial charge on any atom is 0.0768 e. The number of allylic oxidation sites excluding steroid dienone is 2. The van der Waals surface area contributed by atoms with Crippen molar-refractivity contribution in [2.45, 2.75) is 25.7 Å². The summed E-state index contributed by atoms with van der Waals surface area (Å²) in [6.07, 6.45) is 4.15. The van der Waals surface area contributed by atoms with Crippen molar-refractivity contribution >= 4 is 28.8 Å². The van der Waals surface area contributed by atoms with Crippen LogP contribution in [0.4, 0.5) is 11.4 Å². The van der Waals surface area contributed by atoms with Gasteiger partial charge < -0.3 is 5.32 Å². The Morgan fingerprint density at radius 2 is 1.73 bits per heavy atom. The molecule has 3 heteroatoms. The second-order valence-electron chi connectivity index (χ2n) is 5.19. The topological polar surface area (TPSA) is 24.4 Å². The lowest BCUT2D eigenvalue weighted by Gasteiger charge is -2.09. The highest BCUT2D eigenvalue weighted by Gasteiger charge is 2.00. The van der Waals surface area contributed by atoms with Crippen LogP contribution in [0.5, 0.6) is 0 Å². The van der Waals surface area contributed by atoms with E-state index in [0.29, 0.717) is 0 Å². The van der Waals surface area contributed by atoms with E-state index in [1.54, 1.807) is 11.8 Å². The van der Waals surface area contributed by atoms with E-state index >= 15 is 0 Å². The Labute approximate surface area is 137 Å². The Balaban J connectivity index is 2.17. The first-order valence-electron chi connectivity index (χ1n) is 7.29. The maximum atomic E-state index is 4.71. The van der Waals surface area contributed by atoms with E-state index in [1.807, 2.05) is 37.3 Å². The van der Waals surface area contributed by atoms with Crippen LogP contribution in [0.25, 0.3) is 0 Å². The summed E-state index contributed by atoms with van der Waals surface area (Å²) < 4.78 is 0. The number of hydrogen-bond donors (Lipinski definition) is 1. The van der Waals surface area contributed by atoms with Gasteiger partial charge in [-0.05, 0) is 56.9 Å². The predicted molar refractivity (Wildman–Crippen MR) is 99.6 cm³/mol. The number of aryl methyl sites for hydroxylation is 1. The third-order valence-corrected chi connectivity index (χ3v) is 4.07. The van der Waals surface area contributed by atoms with E-state index in [1.165, 1.54) is 10.5 Å². The fourth-order valence-electron chi connectivity index (χ4n) is 2.22. The van der Waals surface area contributed by atoms with Crippen LogP contribution in [0.15, 0.2) is 70.2 Å². The van der Waals surface area contributed by atoms with Crippen LogP contribution in [0.3, 0.4) is 0 Å². The van der Waals surface area contributed by atoms with Gasteiger partial charge in [-0.15, -0.1) is 11.8 Å². The Bertz CT molecular complexity index is 702. The van der Waals surface area contributed by atoms with Gasteiger partial charge in [0.15, 0.2) is 0 Å². The van der Waals surface area contributed by atoms with Crippen molar-refractivity contribution in [3.63, 3.8) is 0 Å². The summed E-state index contributed by atoms with van der Waals surface area (Å²) in [5, 5.41) is 3.43. The third kappa shape index (κ3) is 4.50. The molecule has 2 rings (SSSR count). The smallest absolute Gasteiger partial charge is 0.0768 e. The molecule has 114 valence electrons. The zero-order chi connectivity index (χ0) is 15.9. The van der Waals surface area contributed by atoms with Crippen LogP contribution < -0.4 is 5.32 Å². The van der Waals surface area contributed by atoms with Crippen molar-refractivity contribution in [1.82, 2.24) is 0 Å². The largest absolute Gasteiger partial charge is 0.359 e. The lowest BCUT2D eigenvalue weighted by Crippen LogP contribution is -1.99. The lowest BCUT2D eigenvalue weighted by atomic mass is 10.2. The summed E-state index contributed by atoms with van der Waals surface area (Å²) in [7, 11) is 0. The van der Waals surface area contributed by atoms with E-state index in [2.05, 4.69) is 49.7 Å². The SMILES string of the molecule is CSc1ccccc1/N=C(C)/C=C(/C)Nc1ccccc1C. The standard InChI is InChI=1S/C19H22N2S/c1-14-9-5-6-10-17(14)20-15(2)13-16(3)21-18-11-7-8-12-19(18)22-4/h5-13,20H,1-4H3/b15-13-,21-16+. The molecule has 0 amide bonds. The molecule has 0 saturated carbocycles. The van der Waals surface area contributed by atoms with E-state index < -0.39 is 0 Å². The lowest BCUT2D eigenvalue weighted by molar-refractivity contribution is 1.33. The van der Waals surface area contributed by atoms with E-state index in [4.69, 9.17) is 4.99 Å². The molecule has 0 aromatic heterocycles. The van der Waals surface area contributed by atoms with Gasteiger partial charge in [0.2, 0.25) is 0 Å². The van der Waals surface area contributed by atoms with E-state index in [9.17, 15) is 0 Å². The van der Waals surface area contributed by atoms with Gasteiger partial charge >= 0.3 is 0 Å². The minimum atomic E-state index is 0.986. The molecule has 0 unspecified atom stereocenters. The number of thioether (sulfide) groups is 1. The summed E-state index contributed by atoms with van der Waals surface area (Å²) in [4.78, 5) is 5.91. The van der Waals surface area contributed by atoms with Crippen molar-refractivity contribution in [3.8, 4) is 0 Å². The first-order valence-corrected chi connectivity index (χ1v) is 8.52. The second-order valence-corrected chi connectivity index (χ2v) is 6.04. The number of benzene rings is 2. The maximum absolute atomic E-state index is 4.71. The summed E-state index contributed by atoms with van der Waals surface area (Å²) in [5.74, 6) is 0. The monoisotopic (exact) mass is 310 g/mol. The number of para-hydroxylation sites is 2. The van der Waals surface area contributed by atoms with E-state index in [-0.39, 0.29) is 0 Å². The number of anilines is 1. The zero-order valence-electron chi connectivity index (χ0n) is 13.6. The molecular weight excluding hydrogens is 288 g/mol. The average Bonchev–Trinajstić information content (AvgIpc) is 2.50. The van der Waals surface area contributed by atoms with Crippen LogP contribution in [-0.4, -0.2) is 12.0 Å². The molecule has 0 heterocycles. The van der Waals surface area contributed by atoms with Gasteiger partial charge in [0.25, 0.3) is 0 Å². The Morgan fingerprint density at radius 1 is 1.05 bits per heavy atom. The van der Waals surface area contributed by atoms with Crippen molar-refractivity contribution in [2.24, 2.45) is 4.99 Å². The highest BCUT2D eigenvalue weighted by Crippen LogP contribution is 2.27. The van der Waals surface area contributed by atoms with Gasteiger partial charge in [0, 0.05) is 22.0 Å². The average molecular weight is 310 g/mol. The highest BCUT2D eigenvalue weighted by atomic mass is 32.2. The van der Waals surface area contributed by atoms with Crippen LogP contribution >= 0.6 is 11.8 Å². The molecule has 0 fully saturated rings. The molecule has 2 nitrogen and oxygen atoms in total. The molecule has 0 aliphatic carbocycles. The van der Waals surface area contributed by atoms with Gasteiger partial charge in [-0.1, -0.05) is 30.3 Å². The minimum Gasteiger partial charge on any atom is -0.359 e. The molecule has 0 aliphatic rings. The van der Waals surface area contributed by atoms with Crippen LogP contribution in [0, 0.1) is 6.92 Å². The fraction of sp³-hybridized carbons (Fsp3) is 0.211. The van der Waals surface area contributed by atoms with Gasteiger partial charge in [-0.25, -0.2) is 0 Å². The van der Waals surface area contributed by atoms with Crippen LogP contribution in [0.1, 0.15) is 19.4 Å². The quantitative estimate of drug-likeness (QED) is 0.555. The van der Waals surface area contributed by atoms with Gasteiger partial charge in [-0.2, -0.15) is 0 Å². The molecule has 0 aliphatic heterocycles. The summed E-state index contributed by atoms with van der Waals surface area (Å²) >= 11 is 1.72. The number of rotatable bonds is 5. The second kappa shape index (κ2) is 7.85. The molecule has 0 spiro atoms. The van der Waals surface area contributed by atoms with Gasteiger partial charge in [0.1, 0.15) is 0 Å². The van der Waals surface area contributed by atoms with Crippen molar-refractivity contribution in [3.05, 3.63) is 65.9 Å². The van der Waals surface area contributed by atoms with Crippen molar-refractivity contribution in [1.29, 1.82) is 0 Å². The first kappa shape index (κ1) is 16.4. The van der Waals surface area contributed by atoms with Crippen molar-refractivity contribution in [2.75, 3.05) is 11.6 Å². The molecule has 0 atom stereocenters. The summed E-state index contributed by atoms with van der Waals surface area (Å²) in [6.45, 7) is 6.19. The summed E-state index contributed by atoms with van der Waals surface area (Å²) in [5.41, 5.74) is 5.45. The normalized spacial score (nSPS) is 12.4. The van der Waals surface area contributed by atoms with Crippen LogP contribution in [0.2, 0.25) is 0 Å². The first-order chi connectivity index (χ1) is 10.6. The minimum absolute atomic E-state index is 0.986. The van der Waals surface area contributed by atoms with Crippen molar-refractivity contribution < 1.29 is 0 Å². The Hall–Kier alpha value is -2.00. The fourth-order valence-corrected chi connectivity index (χ4v) is 2.76. The molecule has 1 N–H and O–H groups in total. The molecule has 0 saturated heterocycles. The number of aliphatic imine (C=N–C) groups is 1. The number of nitrogens with zero attached hydrogens (tertiary/aromatic N) is 1. The third-order valence-electron chi connectivity index (χ3n) is 3.28. The molecule has 0 radical (unpaired) electrons. The predicted octanol–water partition coefficient (Wildman–Crippen LogP) is 5.83. The van der Waals surface area contributed by atoms with Crippen LogP contribution in [-0.2, 0) is 0 Å².